The van der Waals surface area contributed by atoms with Crippen LogP contribution in [0.2, 0.25) is 15.1 Å². The van der Waals surface area contributed by atoms with Crippen molar-refractivity contribution >= 4 is 51.6 Å². The lowest BCUT2D eigenvalue weighted by molar-refractivity contribution is 0.101. The number of fused-ring (bicyclic) bond motifs is 1. The molecule has 0 N–H and O–H groups in total. The maximum Gasteiger partial charge on any atom is 0.228 e. The molecule has 2 aromatic carbocycles. The lowest BCUT2D eigenvalue weighted by atomic mass is 10.0. The van der Waals surface area contributed by atoms with Gasteiger partial charge in [0.25, 0.3) is 0 Å². The van der Waals surface area contributed by atoms with Gasteiger partial charge in [0.1, 0.15) is 0 Å². The Morgan fingerprint density at radius 2 is 1.67 bits per heavy atom. The Balaban J connectivity index is 2.16. The van der Waals surface area contributed by atoms with Crippen molar-refractivity contribution in [1.82, 2.24) is 0 Å². The van der Waals surface area contributed by atoms with Gasteiger partial charge in [0.05, 0.1) is 5.02 Å². The Labute approximate surface area is 136 Å². The van der Waals surface area contributed by atoms with E-state index in [9.17, 15) is 4.79 Å². The number of halogens is 3. The van der Waals surface area contributed by atoms with E-state index in [0.717, 1.165) is 5.39 Å². The predicted octanol–water partition coefficient (Wildman–Crippen LogP) is 5.93. The van der Waals surface area contributed by atoms with Crippen LogP contribution >= 0.6 is 34.8 Å². The van der Waals surface area contributed by atoms with E-state index in [1.807, 2.05) is 6.92 Å². The van der Waals surface area contributed by atoms with Gasteiger partial charge in [0.2, 0.25) is 5.78 Å². The molecule has 0 aliphatic rings. The molecule has 1 heterocycles. The summed E-state index contributed by atoms with van der Waals surface area (Å²) in [5.74, 6) is 0.0454. The van der Waals surface area contributed by atoms with Gasteiger partial charge in [0, 0.05) is 26.6 Å². The molecule has 0 bridgehead atoms. The van der Waals surface area contributed by atoms with E-state index in [0.29, 0.717) is 31.8 Å². The van der Waals surface area contributed by atoms with Crippen LogP contribution in [-0.2, 0) is 0 Å². The molecule has 0 amide bonds. The molecule has 0 atom stereocenters. The average molecular weight is 340 g/mol. The molecule has 0 fully saturated rings. The first-order valence-electron chi connectivity index (χ1n) is 6.16. The van der Waals surface area contributed by atoms with Crippen LogP contribution in [0.4, 0.5) is 0 Å². The van der Waals surface area contributed by atoms with E-state index in [1.165, 1.54) is 0 Å². The van der Waals surface area contributed by atoms with Crippen LogP contribution in [0.5, 0.6) is 0 Å². The minimum atomic E-state index is -0.215. The fourth-order valence-corrected chi connectivity index (χ4v) is 2.85. The molecule has 106 valence electrons. The molecule has 0 saturated carbocycles. The molecule has 0 radical (unpaired) electrons. The second-order valence-electron chi connectivity index (χ2n) is 4.66. The highest BCUT2D eigenvalue weighted by Crippen LogP contribution is 2.34. The third-order valence-corrected chi connectivity index (χ3v) is 4.02. The van der Waals surface area contributed by atoms with E-state index < -0.39 is 0 Å². The molecule has 0 unspecified atom stereocenters. The predicted molar refractivity (Wildman–Crippen MR) is 85.9 cm³/mol. The van der Waals surface area contributed by atoms with Crippen molar-refractivity contribution in [3.05, 3.63) is 68.4 Å². The Bertz CT molecular complexity index is 848. The Kier molecular flexibility index (Phi) is 3.70. The largest absolute Gasteiger partial charge is 0.451 e. The van der Waals surface area contributed by atoms with Gasteiger partial charge in [-0.05, 0) is 43.3 Å². The molecule has 0 spiro atoms. The van der Waals surface area contributed by atoms with Crippen molar-refractivity contribution in [3.63, 3.8) is 0 Å². The van der Waals surface area contributed by atoms with Gasteiger partial charge < -0.3 is 4.42 Å². The Hall–Kier alpha value is -1.48. The number of rotatable bonds is 2. The van der Waals surface area contributed by atoms with Crippen molar-refractivity contribution < 1.29 is 9.21 Å². The standard InChI is InChI=1S/C16H9Cl3O2/c1-8-12-6-11(18)7-13(19)16(12)21-15(8)14(20)9-2-4-10(17)5-3-9/h2-7H,1H3. The molecule has 3 rings (SSSR count). The molecule has 0 saturated heterocycles. The van der Waals surface area contributed by atoms with E-state index >= 15 is 0 Å². The van der Waals surface area contributed by atoms with Crippen LogP contribution in [0.15, 0.2) is 40.8 Å². The van der Waals surface area contributed by atoms with Gasteiger partial charge in [0.15, 0.2) is 11.3 Å². The highest BCUT2D eigenvalue weighted by atomic mass is 35.5. The number of carbonyl (C=O) groups excluding carboxylic acids is 1. The van der Waals surface area contributed by atoms with Crippen molar-refractivity contribution in [1.29, 1.82) is 0 Å². The molecule has 5 heteroatoms. The molecule has 1 aromatic heterocycles. The van der Waals surface area contributed by atoms with Crippen molar-refractivity contribution in [2.45, 2.75) is 6.92 Å². The third-order valence-electron chi connectivity index (χ3n) is 3.27. The van der Waals surface area contributed by atoms with E-state index in [2.05, 4.69) is 0 Å². The van der Waals surface area contributed by atoms with Crippen LogP contribution in [-0.4, -0.2) is 5.78 Å². The minimum absolute atomic E-state index is 0.215. The van der Waals surface area contributed by atoms with Gasteiger partial charge in [-0.15, -0.1) is 0 Å². The highest BCUT2D eigenvalue weighted by molar-refractivity contribution is 6.38. The zero-order valence-electron chi connectivity index (χ0n) is 10.9. The maximum absolute atomic E-state index is 12.5. The molecule has 2 nitrogen and oxygen atoms in total. The molecular weight excluding hydrogens is 331 g/mol. The van der Waals surface area contributed by atoms with Crippen LogP contribution in [0.25, 0.3) is 11.0 Å². The smallest absolute Gasteiger partial charge is 0.228 e. The fourth-order valence-electron chi connectivity index (χ4n) is 2.19. The summed E-state index contributed by atoms with van der Waals surface area (Å²) in [5.41, 5.74) is 1.69. The first-order chi connectivity index (χ1) is 9.97. The molecule has 21 heavy (non-hydrogen) atoms. The maximum atomic E-state index is 12.5. The summed E-state index contributed by atoms with van der Waals surface area (Å²) in [5, 5.41) is 2.20. The van der Waals surface area contributed by atoms with Crippen molar-refractivity contribution in [2.75, 3.05) is 0 Å². The number of ketones is 1. The molecule has 0 aliphatic heterocycles. The van der Waals surface area contributed by atoms with Gasteiger partial charge in [-0.2, -0.15) is 0 Å². The third kappa shape index (κ3) is 2.55. The Morgan fingerprint density at radius 3 is 2.33 bits per heavy atom. The summed E-state index contributed by atoms with van der Waals surface area (Å²) in [6, 6.07) is 9.97. The van der Waals surface area contributed by atoms with Crippen LogP contribution in [0, 0.1) is 6.92 Å². The van der Waals surface area contributed by atoms with Crippen LogP contribution in [0.1, 0.15) is 21.7 Å². The second-order valence-corrected chi connectivity index (χ2v) is 5.94. The molecule has 0 aliphatic carbocycles. The van der Waals surface area contributed by atoms with Crippen LogP contribution in [0.3, 0.4) is 0 Å². The fraction of sp³-hybridized carbons (Fsp3) is 0.0625. The topological polar surface area (TPSA) is 30.2 Å². The van der Waals surface area contributed by atoms with Crippen molar-refractivity contribution in [3.8, 4) is 0 Å². The zero-order valence-corrected chi connectivity index (χ0v) is 13.2. The first-order valence-corrected chi connectivity index (χ1v) is 7.29. The number of carbonyl (C=O) groups is 1. The Morgan fingerprint density at radius 1 is 1.00 bits per heavy atom. The number of furan rings is 1. The lowest BCUT2D eigenvalue weighted by Crippen LogP contribution is -2.00. The SMILES string of the molecule is Cc1c(C(=O)c2ccc(Cl)cc2)oc2c(Cl)cc(Cl)cc12. The summed E-state index contributed by atoms with van der Waals surface area (Å²) in [6.07, 6.45) is 0. The molecular formula is C16H9Cl3O2. The summed E-state index contributed by atoms with van der Waals surface area (Å²) in [6.45, 7) is 1.81. The quantitative estimate of drug-likeness (QED) is 0.541. The second kappa shape index (κ2) is 5.38. The van der Waals surface area contributed by atoms with Gasteiger partial charge >= 0.3 is 0 Å². The van der Waals surface area contributed by atoms with E-state index in [4.69, 9.17) is 39.2 Å². The normalized spacial score (nSPS) is 11.0. The number of aryl methyl sites for hydroxylation is 1. The summed E-state index contributed by atoms with van der Waals surface area (Å²) < 4.78 is 5.66. The van der Waals surface area contributed by atoms with Crippen molar-refractivity contribution in [2.24, 2.45) is 0 Å². The van der Waals surface area contributed by atoms with Gasteiger partial charge in [-0.3, -0.25) is 4.79 Å². The van der Waals surface area contributed by atoms with Gasteiger partial charge in [-0.1, -0.05) is 34.8 Å². The van der Waals surface area contributed by atoms with E-state index in [-0.39, 0.29) is 11.5 Å². The highest BCUT2D eigenvalue weighted by Gasteiger charge is 2.21. The number of hydrogen-bond donors (Lipinski definition) is 0. The average Bonchev–Trinajstić information content (AvgIpc) is 2.77. The minimum Gasteiger partial charge on any atom is -0.451 e. The van der Waals surface area contributed by atoms with E-state index in [1.54, 1.807) is 36.4 Å². The summed E-state index contributed by atoms with van der Waals surface area (Å²) in [7, 11) is 0. The summed E-state index contributed by atoms with van der Waals surface area (Å²) in [4.78, 5) is 12.5. The monoisotopic (exact) mass is 338 g/mol. The first kappa shape index (κ1) is 14.5. The number of hydrogen-bond acceptors (Lipinski definition) is 2. The van der Waals surface area contributed by atoms with Crippen LogP contribution < -0.4 is 0 Å². The number of benzene rings is 2. The summed E-state index contributed by atoms with van der Waals surface area (Å²) >= 11 is 17.9. The molecule has 3 aromatic rings. The van der Waals surface area contributed by atoms with Gasteiger partial charge in [-0.25, -0.2) is 0 Å². The zero-order chi connectivity index (χ0) is 15.1. The lowest BCUT2D eigenvalue weighted by Gasteiger charge is -1.99.